The number of halogens is 1. The molecule has 1 amide bonds. The molecule has 1 aliphatic heterocycles. The van der Waals surface area contributed by atoms with Crippen molar-refractivity contribution in [1.29, 1.82) is 0 Å². The van der Waals surface area contributed by atoms with Crippen molar-refractivity contribution in [3.8, 4) is 0 Å². The molecule has 19 heavy (non-hydrogen) atoms. The number of nitrogen functional groups attached to an aromatic ring is 1. The molecule has 1 aromatic carbocycles. The van der Waals surface area contributed by atoms with E-state index in [1.165, 1.54) is 0 Å². The monoisotopic (exact) mass is 282 g/mol. The highest BCUT2D eigenvalue weighted by molar-refractivity contribution is 6.33. The molecule has 104 valence electrons. The maximum absolute atomic E-state index is 12.4. The summed E-state index contributed by atoms with van der Waals surface area (Å²) in [5, 5.41) is 0.427. The van der Waals surface area contributed by atoms with Crippen LogP contribution in [0.25, 0.3) is 0 Å². The topological polar surface area (TPSA) is 55.6 Å². The lowest BCUT2D eigenvalue weighted by molar-refractivity contribution is 0.0571. The molecule has 1 heterocycles. The quantitative estimate of drug-likeness (QED) is 0.866. The standard InChI is InChI=1S/C14H19ClN2O2/c1-19-9-10-3-2-6-17(8-10)14(18)11-4-5-13(16)12(15)7-11/h4-5,7,10H,2-3,6,8-9,16H2,1H3. The fourth-order valence-electron chi connectivity index (χ4n) is 2.46. The van der Waals surface area contributed by atoms with Gasteiger partial charge in [0.2, 0.25) is 0 Å². The summed E-state index contributed by atoms with van der Waals surface area (Å²) in [6.07, 6.45) is 2.13. The summed E-state index contributed by atoms with van der Waals surface area (Å²) < 4.78 is 5.17. The lowest BCUT2D eigenvalue weighted by atomic mass is 9.98. The van der Waals surface area contributed by atoms with Gasteiger partial charge >= 0.3 is 0 Å². The Kier molecular flexibility index (Phi) is 4.66. The first-order chi connectivity index (χ1) is 9.11. The van der Waals surface area contributed by atoms with Crippen molar-refractivity contribution in [3.05, 3.63) is 28.8 Å². The summed E-state index contributed by atoms with van der Waals surface area (Å²) in [5.41, 5.74) is 6.74. The van der Waals surface area contributed by atoms with Gasteiger partial charge in [-0.2, -0.15) is 0 Å². The van der Waals surface area contributed by atoms with Gasteiger partial charge in [-0.15, -0.1) is 0 Å². The third-order valence-corrected chi connectivity index (χ3v) is 3.78. The molecule has 5 heteroatoms. The Labute approximate surface area is 118 Å². The number of likely N-dealkylation sites (tertiary alicyclic amines) is 1. The molecule has 4 nitrogen and oxygen atoms in total. The van der Waals surface area contributed by atoms with Crippen molar-refractivity contribution < 1.29 is 9.53 Å². The van der Waals surface area contributed by atoms with Crippen molar-refractivity contribution in [2.75, 3.05) is 32.5 Å². The predicted octanol–water partition coefficient (Wildman–Crippen LogP) is 2.42. The van der Waals surface area contributed by atoms with Crippen molar-refractivity contribution in [2.24, 2.45) is 5.92 Å². The van der Waals surface area contributed by atoms with Crippen LogP contribution < -0.4 is 5.73 Å². The number of rotatable bonds is 3. The highest BCUT2D eigenvalue weighted by atomic mass is 35.5. The highest BCUT2D eigenvalue weighted by Crippen LogP contribution is 2.23. The number of amides is 1. The second-order valence-electron chi connectivity index (χ2n) is 4.95. The molecule has 2 N–H and O–H groups in total. The highest BCUT2D eigenvalue weighted by Gasteiger charge is 2.24. The van der Waals surface area contributed by atoms with Crippen LogP contribution in [0.5, 0.6) is 0 Å². The Bertz CT molecular complexity index is 463. The van der Waals surface area contributed by atoms with E-state index in [1.54, 1.807) is 25.3 Å². The molecule has 0 aromatic heterocycles. The van der Waals surface area contributed by atoms with E-state index >= 15 is 0 Å². The first-order valence-electron chi connectivity index (χ1n) is 6.45. The number of benzene rings is 1. The molecule has 1 unspecified atom stereocenters. The van der Waals surface area contributed by atoms with Gasteiger partial charge in [-0.05, 0) is 37.0 Å². The van der Waals surface area contributed by atoms with E-state index in [9.17, 15) is 4.79 Å². The van der Waals surface area contributed by atoms with Crippen LogP contribution in [0, 0.1) is 5.92 Å². The number of piperidine rings is 1. The Morgan fingerprint density at radius 3 is 3.05 bits per heavy atom. The number of anilines is 1. The van der Waals surface area contributed by atoms with Crippen LogP contribution >= 0.6 is 11.6 Å². The second kappa shape index (κ2) is 6.26. The number of hydrogen-bond donors (Lipinski definition) is 1. The molecule has 1 aromatic rings. The van der Waals surface area contributed by atoms with E-state index in [1.807, 2.05) is 4.90 Å². The molecule has 0 aliphatic carbocycles. The molecule has 0 saturated carbocycles. The Hall–Kier alpha value is -1.26. The van der Waals surface area contributed by atoms with Gasteiger partial charge in [-0.1, -0.05) is 11.6 Å². The maximum atomic E-state index is 12.4. The van der Waals surface area contributed by atoms with E-state index in [2.05, 4.69) is 0 Å². The molecule has 0 radical (unpaired) electrons. The molecule has 0 bridgehead atoms. The number of nitrogens with zero attached hydrogens (tertiary/aromatic N) is 1. The maximum Gasteiger partial charge on any atom is 0.253 e. The molecular formula is C14H19ClN2O2. The van der Waals surface area contributed by atoms with Crippen molar-refractivity contribution >= 4 is 23.2 Å². The average Bonchev–Trinajstić information content (AvgIpc) is 2.42. The molecule has 2 rings (SSSR count). The number of nitrogens with two attached hydrogens (primary N) is 1. The van der Waals surface area contributed by atoms with Gasteiger partial charge in [0.25, 0.3) is 5.91 Å². The molecular weight excluding hydrogens is 264 g/mol. The lowest BCUT2D eigenvalue weighted by Gasteiger charge is -2.32. The second-order valence-corrected chi connectivity index (χ2v) is 5.36. The van der Waals surface area contributed by atoms with E-state index in [-0.39, 0.29) is 5.91 Å². The molecule has 1 saturated heterocycles. The molecule has 1 aliphatic rings. The van der Waals surface area contributed by atoms with Gasteiger partial charge in [0.15, 0.2) is 0 Å². The zero-order valence-electron chi connectivity index (χ0n) is 11.1. The van der Waals surface area contributed by atoms with Crippen LogP contribution in [0.15, 0.2) is 18.2 Å². The van der Waals surface area contributed by atoms with Gasteiger partial charge < -0.3 is 15.4 Å². The van der Waals surface area contributed by atoms with Gasteiger partial charge in [-0.25, -0.2) is 0 Å². The minimum absolute atomic E-state index is 0.0164. The summed E-state index contributed by atoms with van der Waals surface area (Å²) in [7, 11) is 1.69. The van der Waals surface area contributed by atoms with Crippen LogP contribution in [-0.2, 0) is 4.74 Å². The number of carbonyl (C=O) groups excluding carboxylic acids is 1. The van der Waals surface area contributed by atoms with E-state index < -0.39 is 0 Å². The van der Waals surface area contributed by atoms with Crippen molar-refractivity contribution in [2.45, 2.75) is 12.8 Å². The Morgan fingerprint density at radius 2 is 2.37 bits per heavy atom. The minimum Gasteiger partial charge on any atom is -0.398 e. The van der Waals surface area contributed by atoms with Crippen LogP contribution in [-0.4, -0.2) is 37.6 Å². The van der Waals surface area contributed by atoms with E-state index in [0.29, 0.717) is 28.8 Å². The summed E-state index contributed by atoms with van der Waals surface area (Å²) in [4.78, 5) is 14.3. The van der Waals surface area contributed by atoms with Gasteiger partial charge in [0.1, 0.15) is 0 Å². The minimum atomic E-state index is 0.0164. The number of carbonyl (C=O) groups is 1. The van der Waals surface area contributed by atoms with E-state index in [4.69, 9.17) is 22.1 Å². The summed E-state index contributed by atoms with van der Waals surface area (Å²) >= 11 is 5.96. The summed E-state index contributed by atoms with van der Waals surface area (Å²) in [6.45, 7) is 2.24. The van der Waals surface area contributed by atoms with Crippen molar-refractivity contribution in [3.63, 3.8) is 0 Å². The zero-order valence-corrected chi connectivity index (χ0v) is 11.8. The average molecular weight is 283 g/mol. The summed E-state index contributed by atoms with van der Waals surface area (Å²) in [6, 6.07) is 5.04. The van der Waals surface area contributed by atoms with Crippen LogP contribution in [0.3, 0.4) is 0 Å². The van der Waals surface area contributed by atoms with Crippen molar-refractivity contribution in [1.82, 2.24) is 4.90 Å². The molecule has 1 atom stereocenters. The smallest absolute Gasteiger partial charge is 0.253 e. The molecule has 1 fully saturated rings. The summed E-state index contributed by atoms with van der Waals surface area (Å²) in [5.74, 6) is 0.439. The number of ether oxygens (including phenoxy) is 1. The predicted molar refractivity (Wildman–Crippen MR) is 76.4 cm³/mol. The fraction of sp³-hybridized carbons (Fsp3) is 0.500. The fourth-order valence-corrected chi connectivity index (χ4v) is 2.64. The van der Waals surface area contributed by atoms with Crippen LogP contribution in [0.4, 0.5) is 5.69 Å². The number of hydrogen-bond acceptors (Lipinski definition) is 3. The first-order valence-corrected chi connectivity index (χ1v) is 6.83. The SMILES string of the molecule is COCC1CCCN(C(=O)c2ccc(N)c(Cl)c2)C1. The van der Waals surface area contributed by atoms with Gasteiger partial charge in [0, 0.05) is 25.8 Å². The van der Waals surface area contributed by atoms with Crippen LogP contribution in [0.2, 0.25) is 5.02 Å². The first kappa shape index (κ1) is 14.2. The number of methoxy groups -OCH3 is 1. The Balaban J connectivity index is 2.08. The zero-order chi connectivity index (χ0) is 13.8. The van der Waals surface area contributed by atoms with E-state index in [0.717, 1.165) is 25.9 Å². The lowest BCUT2D eigenvalue weighted by Crippen LogP contribution is -2.41. The van der Waals surface area contributed by atoms with Gasteiger partial charge in [-0.3, -0.25) is 4.79 Å². The largest absolute Gasteiger partial charge is 0.398 e. The van der Waals surface area contributed by atoms with Gasteiger partial charge in [0.05, 0.1) is 17.3 Å². The normalized spacial score (nSPS) is 19.5. The third kappa shape index (κ3) is 3.39. The molecule has 0 spiro atoms. The third-order valence-electron chi connectivity index (χ3n) is 3.46. The van der Waals surface area contributed by atoms with Crippen LogP contribution in [0.1, 0.15) is 23.2 Å². The Morgan fingerprint density at radius 1 is 1.58 bits per heavy atom.